The number of para-hydroxylation sites is 1. The molecule has 1 aromatic carbocycles. The number of nitrogens with zero attached hydrogens (tertiary/aromatic N) is 2. The molecule has 0 N–H and O–H groups in total. The Morgan fingerprint density at radius 1 is 1.09 bits per heavy atom. The molecule has 2 aliphatic heterocycles. The molecule has 2 aliphatic rings. The summed E-state index contributed by atoms with van der Waals surface area (Å²) in [6, 6.07) is 8.10. The third kappa shape index (κ3) is 2.31. The Balaban J connectivity index is 1.88. The smallest absolute Gasteiger partial charge is 0.242 e. The zero-order valence-electron chi connectivity index (χ0n) is 13.6. The van der Waals surface area contributed by atoms with E-state index in [1.54, 1.807) is 13.8 Å². The van der Waals surface area contributed by atoms with Gasteiger partial charge < -0.3 is 9.80 Å². The Hall–Kier alpha value is -1.84. The van der Waals surface area contributed by atoms with E-state index in [2.05, 4.69) is 6.07 Å². The second-order valence-corrected chi connectivity index (χ2v) is 6.98. The van der Waals surface area contributed by atoms with Gasteiger partial charge in [-0.15, -0.1) is 0 Å². The van der Waals surface area contributed by atoms with Crippen LogP contribution in [0.2, 0.25) is 0 Å². The highest BCUT2D eigenvalue weighted by Crippen LogP contribution is 2.36. The van der Waals surface area contributed by atoms with Crippen LogP contribution in [0.5, 0.6) is 0 Å². The average molecular weight is 300 g/mol. The van der Waals surface area contributed by atoms with Crippen molar-refractivity contribution in [3.8, 4) is 0 Å². The van der Waals surface area contributed by atoms with Gasteiger partial charge in [0.25, 0.3) is 0 Å². The maximum absolute atomic E-state index is 13.1. The number of fused-ring (bicyclic) bond motifs is 1. The quantitative estimate of drug-likeness (QED) is 0.788. The van der Waals surface area contributed by atoms with Gasteiger partial charge in [0.15, 0.2) is 0 Å². The minimum absolute atomic E-state index is 0.0356. The van der Waals surface area contributed by atoms with Crippen LogP contribution in [-0.4, -0.2) is 35.8 Å². The SMILES string of the molecule is CC1Cc2ccccc2N1C(=O)C(C)(C)C(=O)N1CCCC1. The molecule has 0 saturated carbocycles. The van der Waals surface area contributed by atoms with Crippen LogP contribution in [0.25, 0.3) is 0 Å². The van der Waals surface area contributed by atoms with E-state index in [1.807, 2.05) is 34.9 Å². The first-order chi connectivity index (χ1) is 10.4. The lowest BCUT2D eigenvalue weighted by Crippen LogP contribution is -2.51. The normalized spacial score (nSPS) is 21.1. The van der Waals surface area contributed by atoms with E-state index in [1.165, 1.54) is 5.56 Å². The summed E-state index contributed by atoms with van der Waals surface area (Å²) >= 11 is 0. The Morgan fingerprint density at radius 2 is 1.73 bits per heavy atom. The van der Waals surface area contributed by atoms with E-state index < -0.39 is 5.41 Å². The largest absolute Gasteiger partial charge is 0.342 e. The van der Waals surface area contributed by atoms with E-state index in [-0.39, 0.29) is 17.9 Å². The van der Waals surface area contributed by atoms with Gasteiger partial charge in [-0.3, -0.25) is 9.59 Å². The molecule has 1 fully saturated rings. The van der Waals surface area contributed by atoms with E-state index in [0.29, 0.717) is 0 Å². The van der Waals surface area contributed by atoms with Crippen molar-refractivity contribution in [2.24, 2.45) is 5.41 Å². The monoisotopic (exact) mass is 300 g/mol. The van der Waals surface area contributed by atoms with Crippen molar-refractivity contribution in [1.82, 2.24) is 4.90 Å². The van der Waals surface area contributed by atoms with Gasteiger partial charge in [0, 0.05) is 24.8 Å². The first-order valence-corrected chi connectivity index (χ1v) is 8.14. The molecule has 1 unspecified atom stereocenters. The summed E-state index contributed by atoms with van der Waals surface area (Å²) in [6.07, 6.45) is 2.94. The number of carbonyl (C=O) groups excluding carboxylic acids is 2. The zero-order chi connectivity index (χ0) is 15.9. The van der Waals surface area contributed by atoms with Gasteiger partial charge in [-0.25, -0.2) is 0 Å². The van der Waals surface area contributed by atoms with Crippen molar-refractivity contribution in [3.05, 3.63) is 29.8 Å². The van der Waals surface area contributed by atoms with Crippen molar-refractivity contribution in [3.63, 3.8) is 0 Å². The minimum Gasteiger partial charge on any atom is -0.342 e. The molecule has 2 heterocycles. The van der Waals surface area contributed by atoms with Crippen LogP contribution in [0.1, 0.15) is 39.2 Å². The summed E-state index contributed by atoms with van der Waals surface area (Å²) in [5.74, 6) is -0.117. The van der Waals surface area contributed by atoms with Crippen molar-refractivity contribution in [1.29, 1.82) is 0 Å². The van der Waals surface area contributed by atoms with E-state index in [4.69, 9.17) is 0 Å². The Bertz CT molecular complexity index is 603. The average Bonchev–Trinajstić information content (AvgIpc) is 3.12. The Morgan fingerprint density at radius 3 is 2.41 bits per heavy atom. The lowest BCUT2D eigenvalue weighted by atomic mass is 9.89. The summed E-state index contributed by atoms with van der Waals surface area (Å²) in [4.78, 5) is 29.5. The summed E-state index contributed by atoms with van der Waals surface area (Å²) < 4.78 is 0. The molecule has 0 aromatic heterocycles. The fourth-order valence-corrected chi connectivity index (χ4v) is 3.58. The molecule has 4 nitrogen and oxygen atoms in total. The molecule has 118 valence electrons. The minimum atomic E-state index is -1.00. The molecule has 0 aliphatic carbocycles. The van der Waals surface area contributed by atoms with Crippen LogP contribution >= 0.6 is 0 Å². The van der Waals surface area contributed by atoms with Crippen molar-refractivity contribution in [2.75, 3.05) is 18.0 Å². The van der Waals surface area contributed by atoms with Crippen molar-refractivity contribution in [2.45, 2.75) is 46.1 Å². The van der Waals surface area contributed by atoms with Crippen LogP contribution in [0.3, 0.4) is 0 Å². The number of rotatable bonds is 2. The molecule has 3 rings (SSSR count). The molecule has 22 heavy (non-hydrogen) atoms. The first kappa shape index (κ1) is 15.1. The number of benzene rings is 1. The van der Waals surface area contributed by atoms with Gasteiger partial charge in [0.05, 0.1) is 0 Å². The highest BCUT2D eigenvalue weighted by atomic mass is 16.2. The molecule has 0 radical (unpaired) electrons. The van der Waals surface area contributed by atoms with Gasteiger partial charge in [-0.1, -0.05) is 18.2 Å². The maximum Gasteiger partial charge on any atom is 0.242 e. The molecule has 0 spiro atoms. The van der Waals surface area contributed by atoms with Crippen molar-refractivity contribution >= 4 is 17.5 Å². The van der Waals surface area contributed by atoms with E-state index >= 15 is 0 Å². The zero-order valence-corrected chi connectivity index (χ0v) is 13.6. The third-order valence-corrected chi connectivity index (χ3v) is 4.89. The Kier molecular flexibility index (Phi) is 3.71. The maximum atomic E-state index is 13.1. The molecule has 4 heteroatoms. The van der Waals surface area contributed by atoms with Gasteiger partial charge in [-0.05, 0) is 51.7 Å². The number of anilines is 1. The Labute approximate surface area is 132 Å². The first-order valence-electron chi connectivity index (χ1n) is 8.14. The molecule has 1 atom stereocenters. The van der Waals surface area contributed by atoms with Gasteiger partial charge >= 0.3 is 0 Å². The molecule has 0 bridgehead atoms. The lowest BCUT2D eigenvalue weighted by molar-refractivity contribution is -0.146. The van der Waals surface area contributed by atoms with Gasteiger partial charge in [0.1, 0.15) is 5.41 Å². The highest BCUT2D eigenvalue weighted by molar-refractivity contribution is 6.12. The van der Waals surface area contributed by atoms with Crippen LogP contribution in [0.4, 0.5) is 5.69 Å². The second-order valence-electron chi connectivity index (χ2n) is 6.98. The van der Waals surface area contributed by atoms with Crippen LogP contribution in [0, 0.1) is 5.41 Å². The van der Waals surface area contributed by atoms with Crippen molar-refractivity contribution < 1.29 is 9.59 Å². The number of hydrogen-bond acceptors (Lipinski definition) is 2. The summed E-state index contributed by atoms with van der Waals surface area (Å²) in [5.41, 5.74) is 1.14. The van der Waals surface area contributed by atoms with Gasteiger partial charge in [0.2, 0.25) is 11.8 Å². The van der Waals surface area contributed by atoms with Crippen LogP contribution < -0.4 is 4.90 Å². The standard InChI is InChI=1S/C18H24N2O2/c1-13-12-14-8-4-5-9-15(14)20(13)17(22)18(2,3)16(21)19-10-6-7-11-19/h4-5,8-9,13H,6-7,10-12H2,1-3H3. The fourth-order valence-electron chi connectivity index (χ4n) is 3.58. The summed E-state index contributed by atoms with van der Waals surface area (Å²) in [6.45, 7) is 7.14. The molecular formula is C18H24N2O2. The second kappa shape index (κ2) is 5.41. The van der Waals surface area contributed by atoms with Crippen LogP contribution in [-0.2, 0) is 16.0 Å². The number of likely N-dealkylation sites (tertiary alicyclic amines) is 1. The van der Waals surface area contributed by atoms with E-state index in [9.17, 15) is 9.59 Å². The number of hydrogen-bond donors (Lipinski definition) is 0. The third-order valence-electron chi connectivity index (χ3n) is 4.89. The highest BCUT2D eigenvalue weighted by Gasteiger charge is 2.45. The molecule has 1 saturated heterocycles. The number of carbonyl (C=O) groups is 2. The lowest BCUT2D eigenvalue weighted by Gasteiger charge is -2.34. The van der Waals surface area contributed by atoms with Gasteiger partial charge in [-0.2, -0.15) is 0 Å². The predicted octanol–water partition coefficient (Wildman–Crippen LogP) is 2.61. The summed E-state index contributed by atoms with van der Waals surface area (Å²) in [7, 11) is 0. The molecule has 2 amide bonds. The molecule has 1 aromatic rings. The predicted molar refractivity (Wildman–Crippen MR) is 86.7 cm³/mol. The van der Waals surface area contributed by atoms with Crippen LogP contribution in [0.15, 0.2) is 24.3 Å². The topological polar surface area (TPSA) is 40.6 Å². The number of amides is 2. The molecular weight excluding hydrogens is 276 g/mol. The van der Waals surface area contributed by atoms with E-state index in [0.717, 1.165) is 38.0 Å². The fraction of sp³-hybridized carbons (Fsp3) is 0.556. The summed E-state index contributed by atoms with van der Waals surface area (Å²) in [5, 5.41) is 0.